The minimum Gasteiger partial charge on any atom is -0.504 e. The molecule has 106 valence electrons. The SMILES string of the molecule is CCC1COC(C)CN1Cc1ccc(OC)c(O)c1. The Morgan fingerprint density at radius 1 is 1.47 bits per heavy atom. The van der Waals surface area contributed by atoms with Crippen LogP contribution in [-0.2, 0) is 11.3 Å². The van der Waals surface area contributed by atoms with Gasteiger partial charge < -0.3 is 14.6 Å². The number of benzene rings is 1. The molecule has 0 aliphatic carbocycles. The number of phenols is 1. The largest absolute Gasteiger partial charge is 0.504 e. The second-order valence-electron chi connectivity index (χ2n) is 5.14. The van der Waals surface area contributed by atoms with Crippen LogP contribution in [0.3, 0.4) is 0 Å². The van der Waals surface area contributed by atoms with Crippen LogP contribution in [0.15, 0.2) is 18.2 Å². The zero-order valence-corrected chi connectivity index (χ0v) is 11.9. The monoisotopic (exact) mass is 265 g/mol. The first kappa shape index (κ1) is 14.2. The molecule has 0 radical (unpaired) electrons. The maximum atomic E-state index is 9.83. The average Bonchev–Trinajstić information content (AvgIpc) is 2.39. The standard InChI is InChI=1S/C15H23NO3/c1-4-13-10-19-11(2)8-16(13)9-12-5-6-15(18-3)14(17)7-12/h5-7,11,13,17H,4,8-10H2,1-3H3. The summed E-state index contributed by atoms with van der Waals surface area (Å²) in [6, 6.07) is 6.06. The summed E-state index contributed by atoms with van der Waals surface area (Å²) < 4.78 is 10.8. The van der Waals surface area contributed by atoms with Crippen LogP contribution >= 0.6 is 0 Å². The van der Waals surface area contributed by atoms with Crippen molar-refractivity contribution in [2.24, 2.45) is 0 Å². The number of rotatable bonds is 4. The smallest absolute Gasteiger partial charge is 0.160 e. The lowest BCUT2D eigenvalue weighted by molar-refractivity contribution is -0.0592. The number of nitrogens with zero attached hydrogens (tertiary/aromatic N) is 1. The number of methoxy groups -OCH3 is 1. The average molecular weight is 265 g/mol. The van der Waals surface area contributed by atoms with Gasteiger partial charge in [-0.15, -0.1) is 0 Å². The molecular weight excluding hydrogens is 242 g/mol. The summed E-state index contributed by atoms with van der Waals surface area (Å²) in [5.41, 5.74) is 1.10. The van der Waals surface area contributed by atoms with E-state index in [-0.39, 0.29) is 11.9 Å². The van der Waals surface area contributed by atoms with Crippen molar-refractivity contribution in [2.45, 2.75) is 39.0 Å². The predicted octanol–water partition coefficient (Wildman–Crippen LogP) is 2.40. The predicted molar refractivity (Wildman–Crippen MR) is 74.6 cm³/mol. The van der Waals surface area contributed by atoms with Crippen LogP contribution in [-0.4, -0.2) is 42.4 Å². The summed E-state index contributed by atoms with van der Waals surface area (Å²) in [7, 11) is 1.56. The van der Waals surface area contributed by atoms with Gasteiger partial charge in [0.05, 0.1) is 19.8 Å². The molecule has 2 unspecified atom stereocenters. The third kappa shape index (κ3) is 3.39. The molecule has 4 heteroatoms. The Labute approximate surface area is 114 Å². The molecule has 4 nitrogen and oxygen atoms in total. The molecule has 1 N–H and O–H groups in total. The normalized spacial score (nSPS) is 24.4. The van der Waals surface area contributed by atoms with Crippen LogP contribution in [0.2, 0.25) is 0 Å². The first-order valence-corrected chi connectivity index (χ1v) is 6.85. The maximum Gasteiger partial charge on any atom is 0.160 e. The van der Waals surface area contributed by atoms with Gasteiger partial charge in [-0.05, 0) is 31.0 Å². The van der Waals surface area contributed by atoms with Crippen molar-refractivity contribution in [3.63, 3.8) is 0 Å². The minimum atomic E-state index is 0.203. The molecule has 0 aromatic heterocycles. The molecule has 1 heterocycles. The number of hydrogen-bond donors (Lipinski definition) is 1. The van der Waals surface area contributed by atoms with Gasteiger partial charge in [-0.1, -0.05) is 13.0 Å². The van der Waals surface area contributed by atoms with Gasteiger partial charge in [0.25, 0.3) is 0 Å². The molecular formula is C15H23NO3. The van der Waals surface area contributed by atoms with Crippen molar-refractivity contribution in [2.75, 3.05) is 20.3 Å². The van der Waals surface area contributed by atoms with E-state index in [1.807, 2.05) is 12.1 Å². The Bertz CT molecular complexity index is 422. The number of phenolic OH excluding ortho intramolecular Hbond substituents is 1. The number of hydrogen-bond acceptors (Lipinski definition) is 4. The second kappa shape index (κ2) is 6.26. The van der Waals surface area contributed by atoms with Gasteiger partial charge in [-0.25, -0.2) is 0 Å². The zero-order chi connectivity index (χ0) is 13.8. The number of ether oxygens (including phenoxy) is 2. The van der Waals surface area contributed by atoms with Gasteiger partial charge in [-0.2, -0.15) is 0 Å². The van der Waals surface area contributed by atoms with Crippen LogP contribution in [0, 0.1) is 0 Å². The Kier molecular flexibility index (Phi) is 4.66. The Morgan fingerprint density at radius 2 is 2.26 bits per heavy atom. The topological polar surface area (TPSA) is 41.9 Å². The molecule has 0 bridgehead atoms. The molecule has 0 saturated carbocycles. The molecule has 19 heavy (non-hydrogen) atoms. The van der Waals surface area contributed by atoms with Crippen LogP contribution in [0.4, 0.5) is 0 Å². The molecule has 1 aromatic carbocycles. The molecule has 0 spiro atoms. The van der Waals surface area contributed by atoms with E-state index < -0.39 is 0 Å². The molecule has 2 atom stereocenters. The summed E-state index contributed by atoms with van der Waals surface area (Å²) in [5.74, 6) is 0.723. The van der Waals surface area contributed by atoms with Gasteiger partial charge in [0.1, 0.15) is 0 Å². The van der Waals surface area contributed by atoms with Crippen molar-refractivity contribution < 1.29 is 14.6 Å². The van der Waals surface area contributed by atoms with Crippen LogP contribution in [0.5, 0.6) is 11.5 Å². The van der Waals surface area contributed by atoms with E-state index in [4.69, 9.17) is 9.47 Å². The molecule has 1 aliphatic heterocycles. The third-order valence-electron chi connectivity index (χ3n) is 3.68. The molecule has 2 rings (SSSR count). The fraction of sp³-hybridized carbons (Fsp3) is 0.600. The van der Waals surface area contributed by atoms with Crippen molar-refractivity contribution in [1.82, 2.24) is 4.90 Å². The zero-order valence-electron chi connectivity index (χ0n) is 11.9. The first-order chi connectivity index (χ1) is 9.13. The van der Waals surface area contributed by atoms with Crippen LogP contribution in [0.25, 0.3) is 0 Å². The van der Waals surface area contributed by atoms with E-state index in [2.05, 4.69) is 18.7 Å². The highest BCUT2D eigenvalue weighted by molar-refractivity contribution is 5.41. The highest BCUT2D eigenvalue weighted by Crippen LogP contribution is 2.27. The lowest BCUT2D eigenvalue weighted by Gasteiger charge is -2.38. The van der Waals surface area contributed by atoms with E-state index in [1.165, 1.54) is 0 Å². The van der Waals surface area contributed by atoms with Crippen molar-refractivity contribution in [3.05, 3.63) is 23.8 Å². The van der Waals surface area contributed by atoms with Gasteiger partial charge >= 0.3 is 0 Å². The van der Waals surface area contributed by atoms with E-state index in [0.29, 0.717) is 11.8 Å². The van der Waals surface area contributed by atoms with Crippen molar-refractivity contribution >= 4 is 0 Å². The molecule has 0 amide bonds. The summed E-state index contributed by atoms with van der Waals surface area (Å²) in [5, 5.41) is 9.83. The van der Waals surface area contributed by atoms with Gasteiger partial charge in [0.2, 0.25) is 0 Å². The fourth-order valence-electron chi connectivity index (χ4n) is 2.55. The third-order valence-corrected chi connectivity index (χ3v) is 3.68. The van der Waals surface area contributed by atoms with Gasteiger partial charge in [0.15, 0.2) is 11.5 Å². The van der Waals surface area contributed by atoms with Crippen LogP contribution in [0.1, 0.15) is 25.8 Å². The van der Waals surface area contributed by atoms with E-state index >= 15 is 0 Å². The first-order valence-electron chi connectivity index (χ1n) is 6.85. The van der Waals surface area contributed by atoms with Gasteiger partial charge in [0, 0.05) is 19.1 Å². The van der Waals surface area contributed by atoms with E-state index in [0.717, 1.165) is 31.7 Å². The fourth-order valence-corrected chi connectivity index (χ4v) is 2.55. The summed E-state index contributed by atoms with van der Waals surface area (Å²) in [6.07, 6.45) is 1.35. The quantitative estimate of drug-likeness (QED) is 0.907. The Morgan fingerprint density at radius 3 is 2.89 bits per heavy atom. The van der Waals surface area contributed by atoms with Crippen LogP contribution < -0.4 is 4.74 Å². The Hall–Kier alpha value is -1.26. The van der Waals surface area contributed by atoms with E-state index in [9.17, 15) is 5.11 Å². The molecule has 1 aliphatic rings. The number of aromatic hydroxyl groups is 1. The lowest BCUT2D eigenvalue weighted by Crippen LogP contribution is -2.47. The summed E-state index contributed by atoms with van der Waals surface area (Å²) in [4.78, 5) is 2.43. The Balaban J connectivity index is 2.08. The van der Waals surface area contributed by atoms with Crippen molar-refractivity contribution in [1.29, 1.82) is 0 Å². The molecule has 1 saturated heterocycles. The minimum absolute atomic E-state index is 0.203. The van der Waals surface area contributed by atoms with E-state index in [1.54, 1.807) is 13.2 Å². The summed E-state index contributed by atoms with van der Waals surface area (Å²) >= 11 is 0. The second-order valence-corrected chi connectivity index (χ2v) is 5.14. The summed E-state index contributed by atoms with van der Waals surface area (Å²) in [6.45, 7) is 6.85. The number of morpholine rings is 1. The highest BCUT2D eigenvalue weighted by Gasteiger charge is 2.25. The van der Waals surface area contributed by atoms with Crippen molar-refractivity contribution in [3.8, 4) is 11.5 Å². The van der Waals surface area contributed by atoms with Gasteiger partial charge in [-0.3, -0.25) is 4.90 Å². The lowest BCUT2D eigenvalue weighted by atomic mass is 10.1. The molecule has 1 aromatic rings. The molecule has 1 fully saturated rings. The highest BCUT2D eigenvalue weighted by atomic mass is 16.5. The maximum absolute atomic E-state index is 9.83.